The minimum Gasteiger partial charge on any atom is -0.487 e. The fraction of sp³-hybridized carbons (Fsp3) is 0.167. The standard InChI is InChI=1S/C24H18Cl2FNO2S2/c25-18-6-1-16(2-7-18)14-30-21-10-5-17(11-20(21)26)12-22-23(29)28(24(31)32-22)13-15-3-8-19(27)9-4-15/h1-11,22H,12-14H2/t22-/m1/s1. The summed E-state index contributed by atoms with van der Waals surface area (Å²) in [5.74, 6) is 0.210. The Labute approximate surface area is 205 Å². The Morgan fingerprint density at radius 1 is 0.969 bits per heavy atom. The van der Waals surface area contributed by atoms with Gasteiger partial charge in [0.2, 0.25) is 5.91 Å². The SMILES string of the molecule is O=C1[C@@H](Cc2ccc(OCc3ccc(Cl)cc3)c(Cl)c2)SC(=S)N1Cc1ccc(F)cc1. The highest BCUT2D eigenvalue weighted by molar-refractivity contribution is 8.24. The molecule has 0 N–H and O–H groups in total. The maximum absolute atomic E-state index is 13.1. The Kier molecular flexibility index (Phi) is 7.36. The number of hydrogen-bond acceptors (Lipinski definition) is 4. The number of rotatable bonds is 7. The van der Waals surface area contributed by atoms with E-state index >= 15 is 0 Å². The number of amides is 1. The lowest BCUT2D eigenvalue weighted by Crippen LogP contribution is -2.31. The molecule has 3 nitrogen and oxygen atoms in total. The summed E-state index contributed by atoms with van der Waals surface area (Å²) in [6, 6.07) is 19.0. The van der Waals surface area contributed by atoms with E-state index in [1.165, 1.54) is 23.9 Å². The lowest BCUT2D eigenvalue weighted by molar-refractivity contribution is -0.126. The smallest absolute Gasteiger partial charge is 0.242 e. The Morgan fingerprint density at radius 2 is 1.62 bits per heavy atom. The van der Waals surface area contributed by atoms with Crippen molar-refractivity contribution < 1.29 is 13.9 Å². The lowest BCUT2D eigenvalue weighted by atomic mass is 10.1. The quantitative estimate of drug-likeness (QED) is 0.334. The van der Waals surface area contributed by atoms with E-state index in [0.717, 1.165) is 16.7 Å². The molecule has 0 unspecified atom stereocenters. The Balaban J connectivity index is 1.37. The van der Waals surface area contributed by atoms with Gasteiger partial charge in [0.25, 0.3) is 0 Å². The van der Waals surface area contributed by atoms with Crippen LogP contribution < -0.4 is 4.74 Å². The number of carbonyl (C=O) groups excluding carboxylic acids is 1. The molecule has 1 heterocycles. The maximum Gasteiger partial charge on any atom is 0.242 e. The average Bonchev–Trinajstić information content (AvgIpc) is 3.03. The number of hydrogen-bond donors (Lipinski definition) is 0. The van der Waals surface area contributed by atoms with Gasteiger partial charge >= 0.3 is 0 Å². The van der Waals surface area contributed by atoms with Gasteiger partial charge in [-0.2, -0.15) is 0 Å². The maximum atomic E-state index is 13.1. The molecule has 3 aromatic carbocycles. The molecular weight excluding hydrogens is 488 g/mol. The molecule has 1 saturated heterocycles. The summed E-state index contributed by atoms with van der Waals surface area (Å²) >= 11 is 19.1. The summed E-state index contributed by atoms with van der Waals surface area (Å²) in [6.45, 7) is 0.708. The fourth-order valence-corrected chi connectivity index (χ4v) is 5.20. The molecule has 1 aliphatic rings. The summed E-state index contributed by atoms with van der Waals surface area (Å²) in [4.78, 5) is 14.5. The molecule has 0 saturated carbocycles. The van der Waals surface area contributed by atoms with Gasteiger partial charge < -0.3 is 4.74 Å². The van der Waals surface area contributed by atoms with Crippen molar-refractivity contribution in [2.75, 3.05) is 0 Å². The largest absolute Gasteiger partial charge is 0.487 e. The number of carbonyl (C=O) groups is 1. The average molecular weight is 506 g/mol. The van der Waals surface area contributed by atoms with Gasteiger partial charge in [0.15, 0.2) is 0 Å². The van der Waals surface area contributed by atoms with E-state index in [4.69, 9.17) is 40.2 Å². The van der Waals surface area contributed by atoms with Gasteiger partial charge in [-0.1, -0.05) is 77.5 Å². The molecule has 1 atom stereocenters. The zero-order valence-corrected chi connectivity index (χ0v) is 19.9. The van der Waals surface area contributed by atoms with Crippen molar-refractivity contribution in [3.05, 3.63) is 99.3 Å². The third-order valence-electron chi connectivity index (χ3n) is 4.98. The summed E-state index contributed by atoms with van der Waals surface area (Å²) in [5, 5.41) is 0.837. The van der Waals surface area contributed by atoms with Crippen molar-refractivity contribution in [1.29, 1.82) is 0 Å². The summed E-state index contributed by atoms with van der Waals surface area (Å²) in [5.41, 5.74) is 2.73. The van der Waals surface area contributed by atoms with E-state index in [0.29, 0.717) is 39.7 Å². The first-order valence-electron chi connectivity index (χ1n) is 9.81. The number of thioether (sulfide) groups is 1. The zero-order valence-electron chi connectivity index (χ0n) is 16.8. The van der Waals surface area contributed by atoms with E-state index < -0.39 is 0 Å². The van der Waals surface area contributed by atoms with E-state index in [2.05, 4.69) is 0 Å². The summed E-state index contributed by atoms with van der Waals surface area (Å²) in [7, 11) is 0. The van der Waals surface area contributed by atoms with Crippen LogP contribution in [0.1, 0.15) is 16.7 Å². The fourth-order valence-electron chi connectivity index (χ4n) is 3.29. The topological polar surface area (TPSA) is 29.5 Å². The van der Waals surface area contributed by atoms with Crippen LogP contribution in [0.3, 0.4) is 0 Å². The van der Waals surface area contributed by atoms with Crippen molar-refractivity contribution >= 4 is 57.4 Å². The van der Waals surface area contributed by atoms with E-state index in [-0.39, 0.29) is 17.0 Å². The number of thiocarbonyl (C=S) groups is 1. The van der Waals surface area contributed by atoms with Crippen LogP contribution in [0.4, 0.5) is 4.39 Å². The van der Waals surface area contributed by atoms with Gasteiger partial charge in [-0.15, -0.1) is 0 Å². The minimum absolute atomic E-state index is 0.0523. The van der Waals surface area contributed by atoms with Gasteiger partial charge in [-0.3, -0.25) is 9.69 Å². The van der Waals surface area contributed by atoms with Crippen LogP contribution in [0.25, 0.3) is 0 Å². The molecule has 3 aromatic rings. The van der Waals surface area contributed by atoms with Gasteiger partial charge in [0.1, 0.15) is 22.5 Å². The van der Waals surface area contributed by atoms with Crippen LogP contribution in [-0.2, 0) is 24.4 Å². The first-order valence-corrected chi connectivity index (χ1v) is 11.9. The first kappa shape index (κ1) is 23.1. The second kappa shape index (κ2) is 10.2. The highest BCUT2D eigenvalue weighted by Crippen LogP contribution is 2.33. The highest BCUT2D eigenvalue weighted by Gasteiger charge is 2.36. The van der Waals surface area contributed by atoms with E-state index in [9.17, 15) is 9.18 Å². The van der Waals surface area contributed by atoms with E-state index in [1.54, 1.807) is 17.0 Å². The van der Waals surface area contributed by atoms with Crippen LogP contribution >= 0.6 is 47.2 Å². The molecule has 32 heavy (non-hydrogen) atoms. The molecule has 8 heteroatoms. The number of benzene rings is 3. The van der Waals surface area contributed by atoms with E-state index in [1.807, 2.05) is 42.5 Å². The molecule has 164 valence electrons. The predicted octanol–water partition coefficient (Wildman–Crippen LogP) is 6.68. The second-order valence-electron chi connectivity index (χ2n) is 7.31. The molecule has 0 radical (unpaired) electrons. The predicted molar refractivity (Wildman–Crippen MR) is 132 cm³/mol. The third kappa shape index (κ3) is 5.62. The Bertz CT molecular complexity index is 1140. The van der Waals surface area contributed by atoms with Gasteiger partial charge in [0.05, 0.1) is 16.8 Å². The first-order chi connectivity index (χ1) is 15.4. The lowest BCUT2D eigenvalue weighted by Gasteiger charge is -2.16. The molecule has 1 aliphatic heterocycles. The number of nitrogens with zero attached hydrogens (tertiary/aromatic N) is 1. The zero-order chi connectivity index (χ0) is 22.7. The highest BCUT2D eigenvalue weighted by atomic mass is 35.5. The van der Waals surface area contributed by atoms with Crippen molar-refractivity contribution in [2.45, 2.75) is 24.8 Å². The third-order valence-corrected chi connectivity index (χ3v) is 7.12. The molecule has 0 bridgehead atoms. The normalized spacial score (nSPS) is 16.0. The summed E-state index contributed by atoms with van der Waals surface area (Å²) in [6.07, 6.45) is 0.501. The molecular formula is C24H18Cl2FNO2S2. The molecule has 0 aromatic heterocycles. The second-order valence-corrected chi connectivity index (χ2v) is 9.99. The van der Waals surface area contributed by atoms with Gasteiger partial charge in [-0.25, -0.2) is 4.39 Å². The van der Waals surface area contributed by atoms with Crippen molar-refractivity contribution in [1.82, 2.24) is 4.90 Å². The Hall–Kier alpha value is -2.12. The molecule has 0 aliphatic carbocycles. The molecule has 1 amide bonds. The Morgan fingerprint density at radius 3 is 2.31 bits per heavy atom. The number of halogens is 3. The van der Waals surface area contributed by atoms with Crippen molar-refractivity contribution in [3.63, 3.8) is 0 Å². The monoisotopic (exact) mass is 505 g/mol. The van der Waals surface area contributed by atoms with Crippen LogP contribution in [-0.4, -0.2) is 20.4 Å². The molecule has 0 spiro atoms. The van der Waals surface area contributed by atoms with Crippen LogP contribution in [0, 0.1) is 5.82 Å². The van der Waals surface area contributed by atoms with Crippen LogP contribution in [0.5, 0.6) is 5.75 Å². The number of ether oxygens (including phenoxy) is 1. The van der Waals surface area contributed by atoms with Crippen LogP contribution in [0.2, 0.25) is 10.0 Å². The minimum atomic E-state index is -0.320. The molecule has 1 fully saturated rings. The summed E-state index contributed by atoms with van der Waals surface area (Å²) < 4.78 is 19.5. The van der Waals surface area contributed by atoms with Gasteiger partial charge in [-0.05, 0) is 59.5 Å². The van der Waals surface area contributed by atoms with Gasteiger partial charge in [0, 0.05) is 5.02 Å². The van der Waals surface area contributed by atoms with Crippen molar-refractivity contribution in [3.8, 4) is 5.75 Å². The van der Waals surface area contributed by atoms with Crippen LogP contribution in [0.15, 0.2) is 66.7 Å². The van der Waals surface area contributed by atoms with Crippen molar-refractivity contribution in [2.24, 2.45) is 0 Å². The molecule has 4 rings (SSSR count).